The smallest absolute Gasteiger partial charge is 0.288 e. The van der Waals surface area contributed by atoms with Gasteiger partial charge in [0.25, 0.3) is 11.2 Å². The van der Waals surface area contributed by atoms with Crippen molar-refractivity contribution >= 4 is 5.69 Å². The largest absolute Gasteiger partial charge is 0.323 e. The van der Waals surface area contributed by atoms with Crippen molar-refractivity contribution in [3.63, 3.8) is 0 Å². The summed E-state index contributed by atoms with van der Waals surface area (Å²) in [5.74, 6) is 0. The normalized spacial score (nSPS) is 14.9. The number of rotatable bonds is 1. The van der Waals surface area contributed by atoms with Crippen molar-refractivity contribution in [1.29, 1.82) is 0 Å². The standard InChI is InChI=1S/C9H10N2O3/c12-9-7-4-2-1-3-6(7)8(5-10-9)11(13)14/h5H,1-4H2,(H,10,12). The number of hydrogen-bond acceptors (Lipinski definition) is 3. The highest BCUT2D eigenvalue weighted by atomic mass is 16.6. The molecule has 0 amide bonds. The molecule has 1 aromatic heterocycles. The van der Waals surface area contributed by atoms with E-state index in [2.05, 4.69) is 4.98 Å². The van der Waals surface area contributed by atoms with Gasteiger partial charge in [-0.2, -0.15) is 0 Å². The van der Waals surface area contributed by atoms with Crippen LogP contribution in [0.1, 0.15) is 24.0 Å². The molecule has 0 spiro atoms. The van der Waals surface area contributed by atoms with Crippen LogP contribution in [0.4, 0.5) is 5.69 Å². The van der Waals surface area contributed by atoms with E-state index >= 15 is 0 Å². The van der Waals surface area contributed by atoms with Crippen LogP contribution in [0.15, 0.2) is 11.0 Å². The summed E-state index contributed by atoms with van der Waals surface area (Å²) >= 11 is 0. The Morgan fingerprint density at radius 2 is 1.93 bits per heavy atom. The summed E-state index contributed by atoms with van der Waals surface area (Å²) in [5, 5.41) is 10.7. The quantitative estimate of drug-likeness (QED) is 0.538. The lowest BCUT2D eigenvalue weighted by atomic mass is 9.92. The van der Waals surface area contributed by atoms with E-state index in [0.29, 0.717) is 24.0 Å². The Bertz CT molecular complexity index is 436. The summed E-state index contributed by atoms with van der Waals surface area (Å²) in [5.41, 5.74) is 1.11. The van der Waals surface area contributed by atoms with Gasteiger partial charge in [-0.05, 0) is 25.7 Å². The Hall–Kier alpha value is -1.65. The number of fused-ring (bicyclic) bond motifs is 1. The fourth-order valence-corrected chi connectivity index (χ4v) is 1.91. The van der Waals surface area contributed by atoms with Gasteiger partial charge in [-0.3, -0.25) is 14.9 Å². The van der Waals surface area contributed by atoms with Gasteiger partial charge in [0.05, 0.1) is 11.1 Å². The molecule has 0 aromatic carbocycles. The molecule has 1 aliphatic carbocycles. The third kappa shape index (κ3) is 1.30. The van der Waals surface area contributed by atoms with Crippen LogP contribution in [0, 0.1) is 10.1 Å². The van der Waals surface area contributed by atoms with Crippen molar-refractivity contribution in [1.82, 2.24) is 4.98 Å². The lowest BCUT2D eigenvalue weighted by molar-refractivity contribution is -0.386. The van der Waals surface area contributed by atoms with E-state index in [9.17, 15) is 14.9 Å². The first kappa shape index (κ1) is 8.93. The average Bonchev–Trinajstić information content (AvgIpc) is 2.18. The van der Waals surface area contributed by atoms with E-state index < -0.39 is 4.92 Å². The number of aromatic amines is 1. The van der Waals surface area contributed by atoms with Crippen LogP contribution < -0.4 is 5.56 Å². The third-order valence-corrected chi connectivity index (χ3v) is 2.59. The van der Waals surface area contributed by atoms with E-state index in [-0.39, 0.29) is 11.2 Å². The predicted molar refractivity (Wildman–Crippen MR) is 50.4 cm³/mol. The molecule has 5 heteroatoms. The number of aromatic nitrogens is 1. The van der Waals surface area contributed by atoms with Crippen molar-refractivity contribution < 1.29 is 4.92 Å². The summed E-state index contributed by atoms with van der Waals surface area (Å²) in [6.45, 7) is 0. The summed E-state index contributed by atoms with van der Waals surface area (Å²) < 4.78 is 0. The van der Waals surface area contributed by atoms with E-state index in [0.717, 1.165) is 12.8 Å². The molecule has 1 aromatic rings. The maximum atomic E-state index is 11.4. The Kier molecular flexibility index (Phi) is 2.07. The van der Waals surface area contributed by atoms with Gasteiger partial charge in [-0.25, -0.2) is 0 Å². The summed E-state index contributed by atoms with van der Waals surface area (Å²) in [4.78, 5) is 24.0. The molecule has 0 radical (unpaired) electrons. The summed E-state index contributed by atoms with van der Waals surface area (Å²) in [6, 6.07) is 0. The Balaban J connectivity index is 2.65. The van der Waals surface area contributed by atoms with Crippen molar-refractivity contribution in [2.75, 3.05) is 0 Å². The first-order valence-electron chi connectivity index (χ1n) is 4.58. The molecule has 1 heterocycles. The highest BCUT2D eigenvalue weighted by Gasteiger charge is 2.22. The lowest BCUT2D eigenvalue weighted by Crippen LogP contribution is -2.19. The molecule has 14 heavy (non-hydrogen) atoms. The van der Waals surface area contributed by atoms with Gasteiger partial charge in [0.15, 0.2) is 0 Å². The number of hydrogen-bond donors (Lipinski definition) is 1. The second kappa shape index (κ2) is 3.25. The topological polar surface area (TPSA) is 76.0 Å². The minimum Gasteiger partial charge on any atom is -0.323 e. The second-order valence-electron chi connectivity index (χ2n) is 3.42. The molecule has 0 aliphatic heterocycles. The lowest BCUT2D eigenvalue weighted by Gasteiger charge is -2.13. The molecular formula is C9H10N2O3. The second-order valence-corrected chi connectivity index (χ2v) is 3.42. The molecular weight excluding hydrogens is 184 g/mol. The Labute approximate surface area is 79.9 Å². The molecule has 0 fully saturated rings. The first-order valence-corrected chi connectivity index (χ1v) is 4.58. The number of nitro groups is 1. The van der Waals surface area contributed by atoms with Crippen molar-refractivity contribution in [3.05, 3.63) is 37.8 Å². The van der Waals surface area contributed by atoms with Crippen LogP contribution in [0.2, 0.25) is 0 Å². The van der Waals surface area contributed by atoms with Crippen molar-refractivity contribution in [2.24, 2.45) is 0 Å². The molecule has 1 aliphatic rings. The maximum absolute atomic E-state index is 11.4. The van der Waals surface area contributed by atoms with Crippen LogP contribution in [0.3, 0.4) is 0 Å². The van der Waals surface area contributed by atoms with Gasteiger partial charge >= 0.3 is 0 Å². The summed E-state index contributed by atoms with van der Waals surface area (Å²) in [6.07, 6.45) is 4.38. The summed E-state index contributed by atoms with van der Waals surface area (Å²) in [7, 11) is 0. The zero-order chi connectivity index (χ0) is 10.1. The van der Waals surface area contributed by atoms with Crippen LogP contribution in [0.25, 0.3) is 0 Å². The zero-order valence-electron chi connectivity index (χ0n) is 7.58. The van der Waals surface area contributed by atoms with E-state index in [1.54, 1.807) is 0 Å². The SMILES string of the molecule is O=c1[nH]cc([N+](=O)[O-])c2c1CCCC2. The van der Waals surface area contributed by atoms with Gasteiger partial charge < -0.3 is 4.98 Å². The number of H-pyrrole nitrogens is 1. The highest BCUT2D eigenvalue weighted by Crippen LogP contribution is 2.25. The molecule has 5 nitrogen and oxygen atoms in total. The van der Waals surface area contributed by atoms with Crippen LogP contribution in [-0.4, -0.2) is 9.91 Å². The first-order chi connectivity index (χ1) is 6.70. The number of nitrogens with zero attached hydrogens (tertiary/aromatic N) is 1. The minimum absolute atomic E-state index is 0.0549. The molecule has 2 rings (SSSR count). The van der Waals surface area contributed by atoms with E-state index in [4.69, 9.17) is 0 Å². The average molecular weight is 194 g/mol. The third-order valence-electron chi connectivity index (χ3n) is 2.59. The number of pyridine rings is 1. The minimum atomic E-state index is -0.430. The van der Waals surface area contributed by atoms with E-state index in [1.807, 2.05) is 0 Å². The fourth-order valence-electron chi connectivity index (χ4n) is 1.91. The van der Waals surface area contributed by atoms with Crippen LogP contribution in [-0.2, 0) is 12.8 Å². The Morgan fingerprint density at radius 1 is 1.29 bits per heavy atom. The van der Waals surface area contributed by atoms with Gasteiger partial charge in [0, 0.05) is 11.1 Å². The van der Waals surface area contributed by atoms with Gasteiger partial charge in [-0.15, -0.1) is 0 Å². The predicted octanol–water partition coefficient (Wildman–Crippen LogP) is 1.16. The van der Waals surface area contributed by atoms with Crippen molar-refractivity contribution in [2.45, 2.75) is 25.7 Å². The van der Waals surface area contributed by atoms with Gasteiger partial charge in [0.1, 0.15) is 0 Å². The van der Waals surface area contributed by atoms with Crippen molar-refractivity contribution in [3.8, 4) is 0 Å². The molecule has 0 saturated carbocycles. The van der Waals surface area contributed by atoms with E-state index in [1.165, 1.54) is 6.20 Å². The molecule has 0 saturated heterocycles. The van der Waals surface area contributed by atoms with Crippen LogP contribution >= 0.6 is 0 Å². The zero-order valence-corrected chi connectivity index (χ0v) is 7.58. The van der Waals surface area contributed by atoms with Crippen LogP contribution in [0.5, 0.6) is 0 Å². The maximum Gasteiger partial charge on any atom is 0.288 e. The highest BCUT2D eigenvalue weighted by molar-refractivity contribution is 5.43. The molecule has 0 unspecified atom stereocenters. The molecule has 0 atom stereocenters. The Morgan fingerprint density at radius 3 is 2.57 bits per heavy atom. The fraction of sp³-hybridized carbons (Fsp3) is 0.444. The van der Waals surface area contributed by atoms with Gasteiger partial charge in [0.2, 0.25) is 0 Å². The number of nitrogens with one attached hydrogen (secondary N) is 1. The molecule has 0 bridgehead atoms. The molecule has 1 N–H and O–H groups in total. The van der Waals surface area contributed by atoms with Gasteiger partial charge in [-0.1, -0.05) is 0 Å². The monoisotopic (exact) mass is 194 g/mol. The molecule has 74 valence electrons.